The Kier molecular flexibility index (Phi) is 6.03. The predicted octanol–water partition coefficient (Wildman–Crippen LogP) is 1.29. The van der Waals surface area contributed by atoms with Gasteiger partial charge >= 0.3 is 0 Å². The molecule has 0 saturated carbocycles. The van der Waals surface area contributed by atoms with Gasteiger partial charge in [0.05, 0.1) is 6.04 Å². The van der Waals surface area contributed by atoms with E-state index in [4.69, 9.17) is 4.74 Å². The lowest BCUT2D eigenvalue weighted by molar-refractivity contribution is -0.126. The van der Waals surface area contributed by atoms with Crippen molar-refractivity contribution >= 4 is 11.8 Å². The molecule has 2 aliphatic rings. The van der Waals surface area contributed by atoms with Crippen LogP contribution in [0.15, 0.2) is 42.6 Å². The summed E-state index contributed by atoms with van der Waals surface area (Å²) in [5.74, 6) is 0.877. The number of carbonyl (C=O) groups excluding carboxylic acids is 2. The lowest BCUT2D eigenvalue weighted by atomic mass is 10.0. The number of hydrogen-bond donors (Lipinski definition) is 1. The van der Waals surface area contributed by atoms with Crippen molar-refractivity contribution in [3.05, 3.63) is 48.3 Å². The van der Waals surface area contributed by atoms with Crippen LogP contribution in [0, 0.1) is 0 Å². The number of piperidine rings is 1. The summed E-state index contributed by atoms with van der Waals surface area (Å²) in [6.45, 7) is 2.07. The van der Waals surface area contributed by atoms with Crippen molar-refractivity contribution < 1.29 is 14.3 Å². The third-order valence-corrected chi connectivity index (χ3v) is 6.16. The molecule has 0 bridgehead atoms. The molecule has 0 unspecified atom stereocenters. The molecular weight excluding hydrogens is 382 g/mol. The zero-order valence-electron chi connectivity index (χ0n) is 17.5. The first-order chi connectivity index (χ1) is 14.6. The highest BCUT2D eigenvalue weighted by Gasteiger charge is 2.42. The van der Waals surface area contributed by atoms with Crippen LogP contribution < -0.4 is 10.1 Å². The highest BCUT2D eigenvalue weighted by atomic mass is 16.5. The van der Waals surface area contributed by atoms with Gasteiger partial charge < -0.3 is 15.0 Å². The van der Waals surface area contributed by atoms with Crippen molar-refractivity contribution in [2.24, 2.45) is 7.05 Å². The molecule has 8 nitrogen and oxygen atoms in total. The monoisotopic (exact) mass is 411 g/mol. The fourth-order valence-corrected chi connectivity index (χ4v) is 4.57. The van der Waals surface area contributed by atoms with Crippen LogP contribution in [0.3, 0.4) is 0 Å². The fourth-order valence-electron chi connectivity index (χ4n) is 4.57. The quantitative estimate of drug-likeness (QED) is 0.802. The van der Waals surface area contributed by atoms with Gasteiger partial charge in [-0.3, -0.25) is 19.2 Å². The van der Waals surface area contributed by atoms with E-state index in [1.165, 1.54) is 0 Å². The minimum absolute atomic E-state index is 0.0167. The summed E-state index contributed by atoms with van der Waals surface area (Å²) in [5, 5.41) is 6.90. The minimum atomic E-state index is -0.201. The number of nitrogens with one attached hydrogen (secondary N) is 1. The second kappa shape index (κ2) is 8.87. The van der Waals surface area contributed by atoms with E-state index >= 15 is 0 Å². The van der Waals surface area contributed by atoms with Crippen LogP contribution in [0.5, 0.6) is 5.75 Å². The van der Waals surface area contributed by atoms with E-state index in [2.05, 4.69) is 15.3 Å². The number of amides is 2. The Morgan fingerprint density at radius 3 is 2.50 bits per heavy atom. The lowest BCUT2D eigenvalue weighted by Gasteiger charge is -2.38. The highest BCUT2D eigenvalue weighted by molar-refractivity contribution is 5.92. The van der Waals surface area contributed by atoms with Crippen LogP contribution >= 0.6 is 0 Å². The van der Waals surface area contributed by atoms with Crippen LogP contribution in [0.25, 0.3) is 0 Å². The maximum Gasteiger partial charge on any atom is 0.272 e. The number of para-hydroxylation sites is 1. The second-order valence-corrected chi connectivity index (χ2v) is 7.98. The number of likely N-dealkylation sites (tertiary alicyclic amines) is 2. The number of aryl methyl sites for hydroxylation is 1. The number of rotatable bonds is 5. The first-order valence-corrected chi connectivity index (χ1v) is 10.5. The van der Waals surface area contributed by atoms with Crippen molar-refractivity contribution in [2.45, 2.75) is 37.5 Å². The predicted molar refractivity (Wildman–Crippen MR) is 112 cm³/mol. The molecular formula is C22H29N5O3. The van der Waals surface area contributed by atoms with E-state index in [9.17, 15) is 9.59 Å². The summed E-state index contributed by atoms with van der Waals surface area (Å²) in [5.41, 5.74) is 0.606. The van der Waals surface area contributed by atoms with Gasteiger partial charge in [0.1, 0.15) is 17.5 Å². The number of likely N-dealkylation sites (N-methyl/N-ethyl adjacent to an activating group) is 1. The molecule has 0 spiro atoms. The number of carbonyl (C=O) groups is 2. The molecule has 2 amide bonds. The molecule has 0 aliphatic carbocycles. The van der Waals surface area contributed by atoms with E-state index in [0.29, 0.717) is 31.7 Å². The van der Waals surface area contributed by atoms with Crippen LogP contribution in [-0.2, 0) is 11.8 Å². The summed E-state index contributed by atoms with van der Waals surface area (Å²) >= 11 is 0. The first-order valence-electron chi connectivity index (χ1n) is 10.5. The Morgan fingerprint density at radius 1 is 1.13 bits per heavy atom. The van der Waals surface area contributed by atoms with E-state index < -0.39 is 0 Å². The summed E-state index contributed by atoms with van der Waals surface area (Å²) < 4.78 is 7.76. The number of hydrogen-bond acceptors (Lipinski definition) is 5. The van der Waals surface area contributed by atoms with Crippen LogP contribution in [0.1, 0.15) is 29.8 Å². The minimum Gasteiger partial charge on any atom is -0.489 e. The third kappa shape index (κ3) is 4.18. The molecule has 4 rings (SSSR count). The average molecular weight is 412 g/mol. The number of aromatic nitrogens is 2. The number of nitrogens with zero attached hydrogens (tertiary/aromatic N) is 4. The van der Waals surface area contributed by atoms with E-state index in [1.807, 2.05) is 35.2 Å². The van der Waals surface area contributed by atoms with Gasteiger partial charge in [0.2, 0.25) is 5.91 Å². The Hall–Kier alpha value is -2.87. The van der Waals surface area contributed by atoms with Gasteiger partial charge in [-0.25, -0.2) is 0 Å². The van der Waals surface area contributed by atoms with Crippen molar-refractivity contribution in [3.8, 4) is 5.75 Å². The standard InChI is InChI=1S/C22H29N5O3/c1-23-21(28)20-14-18(30-17-6-4-3-5-7-17)15-27(20)16-9-12-26(13-10-16)22(29)19-8-11-24-25(19)2/h3-8,11,16,18,20H,9-10,12-15H2,1-2H3,(H,23,28)/t18-,20-/m0/s1. The van der Waals surface area contributed by atoms with Crippen molar-refractivity contribution in [1.82, 2.24) is 24.9 Å². The Bertz CT molecular complexity index is 876. The smallest absolute Gasteiger partial charge is 0.272 e. The average Bonchev–Trinajstić information content (AvgIpc) is 3.40. The molecule has 2 fully saturated rings. The SMILES string of the molecule is CNC(=O)[C@@H]1C[C@H](Oc2ccccc2)CN1C1CCN(C(=O)c2ccnn2C)CC1. The normalized spacial score (nSPS) is 22.8. The van der Waals surface area contributed by atoms with Crippen LogP contribution in [0.4, 0.5) is 0 Å². The Labute approximate surface area is 176 Å². The van der Waals surface area contributed by atoms with Gasteiger partial charge in [0.15, 0.2) is 0 Å². The lowest BCUT2D eigenvalue weighted by Crippen LogP contribution is -2.52. The Morgan fingerprint density at radius 2 is 1.87 bits per heavy atom. The maximum atomic E-state index is 12.8. The molecule has 3 heterocycles. The molecule has 2 aromatic rings. The molecule has 1 aromatic carbocycles. The van der Waals surface area contributed by atoms with Crippen molar-refractivity contribution in [1.29, 1.82) is 0 Å². The summed E-state index contributed by atoms with van der Waals surface area (Å²) in [4.78, 5) is 29.5. The molecule has 2 saturated heterocycles. The summed E-state index contributed by atoms with van der Waals surface area (Å²) in [6.07, 6.45) is 3.97. The zero-order valence-corrected chi connectivity index (χ0v) is 17.5. The molecule has 30 heavy (non-hydrogen) atoms. The second-order valence-electron chi connectivity index (χ2n) is 7.98. The first kappa shape index (κ1) is 20.4. The summed E-state index contributed by atoms with van der Waals surface area (Å²) in [6, 6.07) is 11.6. The van der Waals surface area contributed by atoms with Crippen LogP contribution in [-0.4, -0.2) is 76.3 Å². The molecule has 2 atom stereocenters. The summed E-state index contributed by atoms with van der Waals surface area (Å²) in [7, 11) is 3.46. The van der Waals surface area contributed by atoms with E-state index in [1.54, 1.807) is 31.0 Å². The van der Waals surface area contributed by atoms with Gasteiger partial charge in [-0.1, -0.05) is 18.2 Å². The molecule has 2 aliphatic heterocycles. The molecule has 1 N–H and O–H groups in total. The molecule has 1 aromatic heterocycles. The Balaban J connectivity index is 1.40. The van der Waals surface area contributed by atoms with Crippen molar-refractivity contribution in [2.75, 3.05) is 26.7 Å². The topological polar surface area (TPSA) is 79.7 Å². The zero-order chi connectivity index (χ0) is 21.1. The highest BCUT2D eigenvalue weighted by Crippen LogP contribution is 2.29. The maximum absolute atomic E-state index is 12.8. The van der Waals surface area contributed by atoms with Gasteiger partial charge in [0.25, 0.3) is 5.91 Å². The van der Waals surface area contributed by atoms with Crippen LogP contribution in [0.2, 0.25) is 0 Å². The van der Waals surface area contributed by atoms with E-state index in [-0.39, 0.29) is 30.0 Å². The molecule has 8 heteroatoms. The van der Waals surface area contributed by atoms with Gasteiger partial charge in [-0.15, -0.1) is 0 Å². The largest absolute Gasteiger partial charge is 0.489 e. The number of benzene rings is 1. The molecule has 0 radical (unpaired) electrons. The van der Waals surface area contributed by atoms with Gasteiger partial charge in [-0.2, -0.15) is 5.10 Å². The van der Waals surface area contributed by atoms with E-state index in [0.717, 1.165) is 18.6 Å². The fraction of sp³-hybridized carbons (Fsp3) is 0.500. The number of ether oxygens (including phenoxy) is 1. The van der Waals surface area contributed by atoms with Gasteiger partial charge in [0, 0.05) is 52.4 Å². The van der Waals surface area contributed by atoms with Gasteiger partial charge in [-0.05, 0) is 31.0 Å². The third-order valence-electron chi connectivity index (χ3n) is 6.16. The molecule has 160 valence electrons. The van der Waals surface area contributed by atoms with Crippen molar-refractivity contribution in [3.63, 3.8) is 0 Å².